The topological polar surface area (TPSA) is 307 Å². The highest BCUT2D eigenvalue weighted by Crippen LogP contribution is 2.33. The number of aliphatic hydroxyl groups is 11. The average molecular weight is 1110 g/mol. The van der Waals surface area contributed by atoms with Crippen LogP contribution in [-0.2, 0) is 33.2 Å². The van der Waals surface area contributed by atoms with Gasteiger partial charge in [-0.2, -0.15) is 0 Å². The molecule has 3 aliphatic heterocycles. The molecule has 0 radical (unpaired) electrons. The fraction of sp³-hybridized carbons (Fsp3) is 0.914. The van der Waals surface area contributed by atoms with Gasteiger partial charge in [0, 0.05) is 6.42 Å². The fourth-order valence-electron chi connectivity index (χ4n) is 10.3. The molecule has 3 saturated heterocycles. The second-order valence-corrected chi connectivity index (χ2v) is 21.8. The highest BCUT2D eigenvalue weighted by molar-refractivity contribution is 5.76. The molecular formula is C58H107NO18. The van der Waals surface area contributed by atoms with E-state index in [-0.39, 0.29) is 18.9 Å². The maximum atomic E-state index is 13.2. The highest BCUT2D eigenvalue weighted by atomic mass is 16.8. The minimum Gasteiger partial charge on any atom is -0.394 e. The minimum atomic E-state index is -1.98. The Labute approximate surface area is 460 Å². The third-order valence-electron chi connectivity index (χ3n) is 15.3. The summed E-state index contributed by atoms with van der Waals surface area (Å²) < 4.78 is 34.1. The molecule has 0 bridgehead atoms. The van der Waals surface area contributed by atoms with Crippen molar-refractivity contribution < 1.29 is 89.4 Å². The molecule has 0 aromatic heterocycles. The second-order valence-electron chi connectivity index (χ2n) is 21.8. The number of allylic oxidation sites excluding steroid dienone is 3. The van der Waals surface area contributed by atoms with Crippen LogP contribution in [0.5, 0.6) is 0 Å². The number of ether oxygens (including phenoxy) is 6. The molecule has 17 unspecified atom stereocenters. The van der Waals surface area contributed by atoms with Crippen LogP contribution >= 0.6 is 0 Å². The van der Waals surface area contributed by atoms with Gasteiger partial charge in [0.2, 0.25) is 5.91 Å². The number of unbranched alkanes of at least 4 members (excludes halogenated alkanes) is 26. The zero-order valence-corrected chi connectivity index (χ0v) is 46.9. The SMILES string of the molecule is CCCCCCCCCCCCCCCCCCCC/C=C/CC/C=C/C(O)C(COC1OC(CO)C(OC2OC(CO)C(OC3OC(CO)C(O)C(O)C3O)C(O)C2O)C(O)C1O)NC(=O)CCCCCCCCCC. The van der Waals surface area contributed by atoms with E-state index in [1.54, 1.807) is 6.08 Å². The van der Waals surface area contributed by atoms with E-state index in [1.165, 1.54) is 128 Å². The van der Waals surface area contributed by atoms with Crippen molar-refractivity contribution in [1.82, 2.24) is 5.32 Å². The molecule has 3 rings (SSSR count). The maximum Gasteiger partial charge on any atom is 0.220 e. The molecule has 3 aliphatic rings. The van der Waals surface area contributed by atoms with Crippen LogP contribution in [0.25, 0.3) is 0 Å². The predicted octanol–water partition coefficient (Wildman–Crippen LogP) is 5.15. The minimum absolute atomic E-state index is 0.237. The van der Waals surface area contributed by atoms with Crippen molar-refractivity contribution in [1.29, 1.82) is 0 Å². The van der Waals surface area contributed by atoms with E-state index in [9.17, 15) is 61.0 Å². The Hall–Kier alpha value is -1.73. The quantitative estimate of drug-likeness (QED) is 0.0277. The number of hydrogen-bond donors (Lipinski definition) is 12. The van der Waals surface area contributed by atoms with Crippen LogP contribution in [0, 0.1) is 0 Å². The maximum absolute atomic E-state index is 13.2. The number of carbonyl (C=O) groups excluding carboxylic acids is 1. The molecular weight excluding hydrogens is 999 g/mol. The lowest BCUT2D eigenvalue weighted by Crippen LogP contribution is -2.66. The molecule has 77 heavy (non-hydrogen) atoms. The number of hydrogen-bond acceptors (Lipinski definition) is 18. The van der Waals surface area contributed by atoms with Crippen LogP contribution in [0.4, 0.5) is 0 Å². The van der Waals surface area contributed by atoms with Crippen LogP contribution < -0.4 is 5.32 Å². The van der Waals surface area contributed by atoms with Crippen LogP contribution in [0.1, 0.15) is 206 Å². The molecule has 3 heterocycles. The Morgan fingerprint density at radius 1 is 0.455 bits per heavy atom. The summed E-state index contributed by atoms with van der Waals surface area (Å²) in [6, 6.07) is -0.983. The molecule has 17 atom stereocenters. The predicted molar refractivity (Wildman–Crippen MR) is 291 cm³/mol. The number of carbonyl (C=O) groups is 1. The van der Waals surface area contributed by atoms with Gasteiger partial charge in [-0.15, -0.1) is 0 Å². The molecule has 19 heteroatoms. The standard InChI is InChI=1S/C58H107NO18/c1-3-5-7-9-11-13-14-15-16-17-18-19-20-21-22-23-24-25-26-27-28-29-31-33-35-42(63)41(59-46(64)36-34-32-30-12-10-8-6-4-2)40-72-56-52(70)49(67)54(44(38-61)74-56)77-58-53(71)50(68)55(45(39-62)75-58)76-57-51(69)48(66)47(65)43(37-60)73-57/h27-28,33,35,41-45,47-58,60-63,65-71H,3-26,29-32,34,36-40H2,1-2H3,(H,59,64)/b28-27+,35-33+. The normalized spacial score (nSPS) is 30.8. The third-order valence-corrected chi connectivity index (χ3v) is 15.3. The number of nitrogens with one attached hydrogen (secondary N) is 1. The summed E-state index contributed by atoms with van der Waals surface area (Å²) in [5.74, 6) is -0.290. The Kier molecular flexibility index (Phi) is 38.1. The van der Waals surface area contributed by atoms with Gasteiger partial charge in [-0.3, -0.25) is 4.79 Å². The summed E-state index contributed by atoms with van der Waals surface area (Å²) in [4.78, 5) is 13.2. The summed E-state index contributed by atoms with van der Waals surface area (Å²) in [6.07, 6.45) is 16.3. The first-order chi connectivity index (χ1) is 37.3. The van der Waals surface area contributed by atoms with Crippen molar-refractivity contribution in [3.8, 4) is 0 Å². The molecule has 0 aromatic carbocycles. The summed E-state index contributed by atoms with van der Waals surface area (Å²) in [5.41, 5.74) is 0. The molecule has 0 spiro atoms. The van der Waals surface area contributed by atoms with Crippen molar-refractivity contribution in [2.24, 2.45) is 0 Å². The van der Waals surface area contributed by atoms with Crippen molar-refractivity contribution in [2.45, 2.75) is 311 Å². The first kappa shape index (κ1) is 69.5. The Morgan fingerprint density at radius 3 is 1.30 bits per heavy atom. The van der Waals surface area contributed by atoms with Crippen molar-refractivity contribution >= 4 is 5.91 Å². The van der Waals surface area contributed by atoms with Crippen LogP contribution in [0.3, 0.4) is 0 Å². The molecule has 1 amide bonds. The van der Waals surface area contributed by atoms with Gasteiger partial charge in [0.1, 0.15) is 73.2 Å². The molecule has 12 N–H and O–H groups in total. The van der Waals surface area contributed by atoms with Crippen LogP contribution in [0.15, 0.2) is 24.3 Å². The van der Waals surface area contributed by atoms with Gasteiger partial charge in [0.05, 0.1) is 38.6 Å². The average Bonchev–Trinajstić information content (AvgIpc) is 3.42. The van der Waals surface area contributed by atoms with Gasteiger partial charge >= 0.3 is 0 Å². The zero-order valence-electron chi connectivity index (χ0n) is 46.9. The van der Waals surface area contributed by atoms with E-state index in [0.717, 1.165) is 44.9 Å². The van der Waals surface area contributed by atoms with Gasteiger partial charge in [-0.1, -0.05) is 192 Å². The van der Waals surface area contributed by atoms with Crippen molar-refractivity contribution in [2.75, 3.05) is 26.4 Å². The highest BCUT2D eigenvalue weighted by Gasteiger charge is 2.53. The largest absolute Gasteiger partial charge is 0.394 e. The molecule has 452 valence electrons. The lowest BCUT2D eigenvalue weighted by atomic mass is 9.96. The number of aliphatic hydroxyl groups excluding tert-OH is 11. The van der Waals surface area contributed by atoms with Crippen LogP contribution in [-0.4, -0.2) is 193 Å². The molecule has 0 saturated carbocycles. The first-order valence-corrected chi connectivity index (χ1v) is 30.1. The number of rotatable bonds is 44. The smallest absolute Gasteiger partial charge is 0.220 e. The van der Waals surface area contributed by atoms with E-state index in [0.29, 0.717) is 12.8 Å². The monoisotopic (exact) mass is 1110 g/mol. The zero-order chi connectivity index (χ0) is 56.2. The molecule has 0 aromatic rings. The Morgan fingerprint density at radius 2 is 0.831 bits per heavy atom. The summed E-state index contributed by atoms with van der Waals surface area (Å²) in [7, 11) is 0. The molecule has 0 aliphatic carbocycles. The Bertz CT molecular complexity index is 1510. The Balaban J connectivity index is 1.46. The first-order valence-electron chi connectivity index (χ1n) is 30.1. The lowest BCUT2D eigenvalue weighted by Gasteiger charge is -2.48. The lowest BCUT2D eigenvalue weighted by molar-refractivity contribution is -0.379. The third kappa shape index (κ3) is 26.4. The van der Waals surface area contributed by atoms with E-state index in [2.05, 4.69) is 31.3 Å². The van der Waals surface area contributed by atoms with Crippen molar-refractivity contribution in [3.63, 3.8) is 0 Å². The summed E-state index contributed by atoms with van der Waals surface area (Å²) in [5, 5.41) is 120. The van der Waals surface area contributed by atoms with Gasteiger partial charge in [-0.25, -0.2) is 0 Å². The van der Waals surface area contributed by atoms with Crippen LogP contribution in [0.2, 0.25) is 0 Å². The van der Waals surface area contributed by atoms with Gasteiger partial charge in [-0.05, 0) is 32.1 Å². The van der Waals surface area contributed by atoms with E-state index >= 15 is 0 Å². The fourth-order valence-corrected chi connectivity index (χ4v) is 10.3. The molecule has 19 nitrogen and oxygen atoms in total. The second kappa shape index (κ2) is 42.1. The van der Waals surface area contributed by atoms with E-state index < -0.39 is 124 Å². The molecule has 3 fully saturated rings. The van der Waals surface area contributed by atoms with Gasteiger partial charge in [0.15, 0.2) is 18.9 Å². The van der Waals surface area contributed by atoms with Gasteiger partial charge in [0.25, 0.3) is 0 Å². The number of amides is 1. The van der Waals surface area contributed by atoms with E-state index in [4.69, 9.17) is 28.4 Å². The van der Waals surface area contributed by atoms with E-state index in [1.807, 2.05) is 6.08 Å². The van der Waals surface area contributed by atoms with Crippen molar-refractivity contribution in [3.05, 3.63) is 24.3 Å². The summed E-state index contributed by atoms with van der Waals surface area (Å²) >= 11 is 0. The van der Waals surface area contributed by atoms with Gasteiger partial charge < -0.3 is 89.9 Å². The summed E-state index contributed by atoms with van der Waals surface area (Å²) in [6.45, 7) is 1.66.